The van der Waals surface area contributed by atoms with E-state index in [9.17, 15) is 0 Å². The monoisotopic (exact) mass is 375 g/mol. The summed E-state index contributed by atoms with van der Waals surface area (Å²) in [5.74, 6) is 2.33. The Morgan fingerprint density at radius 1 is 1.23 bits per heavy atom. The van der Waals surface area contributed by atoms with E-state index in [2.05, 4.69) is 17.4 Å². The van der Waals surface area contributed by atoms with Crippen LogP contribution in [0.5, 0.6) is 17.2 Å². The second-order valence-corrected chi connectivity index (χ2v) is 7.14. The molecule has 0 saturated heterocycles. The van der Waals surface area contributed by atoms with Crippen LogP contribution in [0.15, 0.2) is 36.4 Å². The number of ether oxygens (including phenoxy) is 3. The minimum Gasteiger partial charge on any atom is -0.493 e. The van der Waals surface area contributed by atoms with Crippen LogP contribution in [0.25, 0.3) is 0 Å². The summed E-state index contributed by atoms with van der Waals surface area (Å²) in [6, 6.07) is 12.2. The van der Waals surface area contributed by atoms with E-state index in [1.807, 2.05) is 38.1 Å². The number of fused-ring (bicyclic) bond motifs is 1. The highest BCUT2D eigenvalue weighted by molar-refractivity contribution is 6.32. The molecule has 0 saturated carbocycles. The predicted molar refractivity (Wildman–Crippen MR) is 105 cm³/mol. The van der Waals surface area contributed by atoms with Crippen molar-refractivity contribution in [3.8, 4) is 17.2 Å². The van der Waals surface area contributed by atoms with E-state index in [1.54, 1.807) is 7.11 Å². The van der Waals surface area contributed by atoms with Crippen molar-refractivity contribution in [2.75, 3.05) is 13.7 Å². The van der Waals surface area contributed by atoms with Gasteiger partial charge in [-0.3, -0.25) is 0 Å². The molecule has 1 heterocycles. The summed E-state index contributed by atoms with van der Waals surface area (Å²) < 4.78 is 17.1. The lowest BCUT2D eigenvalue weighted by atomic mass is 10.0. The Kier molecular flexibility index (Phi) is 6.28. The first-order valence-electron chi connectivity index (χ1n) is 9.06. The van der Waals surface area contributed by atoms with Crippen molar-refractivity contribution in [1.82, 2.24) is 5.32 Å². The van der Waals surface area contributed by atoms with Gasteiger partial charge < -0.3 is 19.5 Å². The Bertz CT molecular complexity index is 748. The van der Waals surface area contributed by atoms with E-state index in [0.717, 1.165) is 47.8 Å². The molecule has 0 spiro atoms. The van der Waals surface area contributed by atoms with Crippen molar-refractivity contribution in [3.05, 3.63) is 52.5 Å². The zero-order valence-electron chi connectivity index (χ0n) is 15.5. The molecule has 0 radical (unpaired) electrons. The number of halogens is 1. The first-order valence-corrected chi connectivity index (χ1v) is 9.44. The van der Waals surface area contributed by atoms with Gasteiger partial charge >= 0.3 is 0 Å². The van der Waals surface area contributed by atoms with E-state index >= 15 is 0 Å². The van der Waals surface area contributed by atoms with Crippen molar-refractivity contribution >= 4 is 11.6 Å². The van der Waals surface area contributed by atoms with Gasteiger partial charge in [0.15, 0.2) is 11.5 Å². The van der Waals surface area contributed by atoms with E-state index in [4.69, 9.17) is 25.8 Å². The second-order valence-electron chi connectivity index (χ2n) is 6.73. The molecule has 0 unspecified atom stereocenters. The Morgan fingerprint density at radius 3 is 2.85 bits per heavy atom. The van der Waals surface area contributed by atoms with Gasteiger partial charge in [0.1, 0.15) is 5.75 Å². The molecule has 5 heteroatoms. The molecule has 0 aliphatic carbocycles. The predicted octanol–water partition coefficient (Wildman–Crippen LogP) is 5.14. The molecule has 140 valence electrons. The van der Waals surface area contributed by atoms with Crippen LogP contribution in [0.4, 0.5) is 0 Å². The number of para-hydroxylation sites is 1. The second kappa shape index (κ2) is 8.65. The molecule has 0 fully saturated rings. The highest BCUT2D eigenvalue weighted by atomic mass is 35.5. The maximum absolute atomic E-state index is 6.31. The Morgan fingerprint density at radius 2 is 2.08 bits per heavy atom. The lowest BCUT2D eigenvalue weighted by Crippen LogP contribution is -2.20. The van der Waals surface area contributed by atoms with Gasteiger partial charge in [0.05, 0.1) is 24.8 Å². The van der Waals surface area contributed by atoms with Gasteiger partial charge in [-0.15, -0.1) is 0 Å². The van der Waals surface area contributed by atoms with Crippen LogP contribution in [0.3, 0.4) is 0 Å². The standard InChI is InChI=1S/C21H26ClNO3/c1-14(2)26-19-10-9-15(12-20(19)24-3)13-23-18-8-5-11-25-21-16(18)6-4-7-17(21)22/h4,6-7,9-10,12,14,18,23H,5,8,11,13H2,1-3H3/t18-/m1/s1. The summed E-state index contributed by atoms with van der Waals surface area (Å²) in [6.07, 6.45) is 2.12. The summed E-state index contributed by atoms with van der Waals surface area (Å²) in [5, 5.41) is 4.31. The lowest BCUT2D eigenvalue weighted by Gasteiger charge is -2.20. The molecule has 0 amide bonds. The lowest BCUT2D eigenvalue weighted by molar-refractivity contribution is 0.230. The topological polar surface area (TPSA) is 39.7 Å². The van der Waals surface area contributed by atoms with Gasteiger partial charge in [0, 0.05) is 18.2 Å². The fraction of sp³-hybridized carbons (Fsp3) is 0.429. The number of hydrogen-bond acceptors (Lipinski definition) is 4. The van der Waals surface area contributed by atoms with Crippen molar-refractivity contribution in [2.24, 2.45) is 0 Å². The summed E-state index contributed by atoms with van der Waals surface area (Å²) in [6.45, 7) is 5.44. The van der Waals surface area contributed by atoms with Gasteiger partial charge in [-0.05, 0) is 50.5 Å². The molecule has 4 nitrogen and oxygen atoms in total. The van der Waals surface area contributed by atoms with E-state index in [1.165, 1.54) is 0 Å². The Labute approximate surface area is 160 Å². The zero-order valence-corrected chi connectivity index (χ0v) is 16.3. The van der Waals surface area contributed by atoms with E-state index in [-0.39, 0.29) is 12.1 Å². The van der Waals surface area contributed by atoms with E-state index < -0.39 is 0 Å². The molecule has 1 aliphatic heterocycles. The SMILES string of the molecule is COc1cc(CN[C@@H]2CCCOc3c(Cl)cccc32)ccc1OC(C)C. The minimum atomic E-state index is 0.111. The Hall–Kier alpha value is -1.91. The van der Waals surface area contributed by atoms with Crippen LogP contribution < -0.4 is 19.5 Å². The maximum atomic E-state index is 6.31. The average molecular weight is 376 g/mol. The summed E-state index contributed by atoms with van der Waals surface area (Å²) in [5.41, 5.74) is 2.27. The molecule has 1 N–H and O–H groups in total. The summed E-state index contributed by atoms with van der Waals surface area (Å²) in [4.78, 5) is 0. The van der Waals surface area contributed by atoms with Crippen molar-refractivity contribution in [2.45, 2.75) is 45.4 Å². The first kappa shape index (κ1) is 18.9. The van der Waals surface area contributed by atoms with E-state index in [0.29, 0.717) is 11.6 Å². The molecule has 0 aromatic heterocycles. The number of methoxy groups -OCH3 is 1. The molecule has 1 aliphatic rings. The van der Waals surface area contributed by atoms with Gasteiger partial charge in [-0.25, -0.2) is 0 Å². The smallest absolute Gasteiger partial charge is 0.161 e. The normalized spacial score (nSPS) is 16.6. The third-order valence-corrected chi connectivity index (χ3v) is 4.70. The minimum absolute atomic E-state index is 0.111. The highest BCUT2D eigenvalue weighted by Crippen LogP contribution is 2.37. The van der Waals surface area contributed by atoms with Crippen molar-refractivity contribution < 1.29 is 14.2 Å². The van der Waals surface area contributed by atoms with Crippen LogP contribution in [-0.4, -0.2) is 19.8 Å². The fourth-order valence-electron chi connectivity index (χ4n) is 3.20. The zero-order chi connectivity index (χ0) is 18.5. The number of hydrogen-bond donors (Lipinski definition) is 1. The van der Waals surface area contributed by atoms with Gasteiger partial charge in [-0.1, -0.05) is 29.8 Å². The highest BCUT2D eigenvalue weighted by Gasteiger charge is 2.21. The van der Waals surface area contributed by atoms with Crippen LogP contribution in [0.2, 0.25) is 5.02 Å². The molecule has 26 heavy (non-hydrogen) atoms. The number of nitrogens with one attached hydrogen (secondary N) is 1. The van der Waals surface area contributed by atoms with Crippen LogP contribution >= 0.6 is 11.6 Å². The molecule has 0 bridgehead atoms. The first-order chi connectivity index (χ1) is 12.6. The largest absolute Gasteiger partial charge is 0.493 e. The molecular weight excluding hydrogens is 350 g/mol. The maximum Gasteiger partial charge on any atom is 0.161 e. The molecule has 1 atom stereocenters. The molecular formula is C21H26ClNO3. The van der Waals surface area contributed by atoms with Gasteiger partial charge in [0.25, 0.3) is 0 Å². The van der Waals surface area contributed by atoms with Crippen LogP contribution in [0, 0.1) is 0 Å². The van der Waals surface area contributed by atoms with Crippen LogP contribution in [0.1, 0.15) is 43.9 Å². The fourth-order valence-corrected chi connectivity index (χ4v) is 3.43. The molecule has 2 aromatic rings. The van der Waals surface area contributed by atoms with Gasteiger partial charge in [-0.2, -0.15) is 0 Å². The van der Waals surface area contributed by atoms with Crippen LogP contribution in [-0.2, 0) is 6.54 Å². The van der Waals surface area contributed by atoms with Gasteiger partial charge in [0.2, 0.25) is 0 Å². The Balaban J connectivity index is 1.74. The van der Waals surface area contributed by atoms with Crippen molar-refractivity contribution in [1.29, 1.82) is 0 Å². The summed E-state index contributed by atoms with van der Waals surface area (Å²) in [7, 11) is 1.67. The molecule has 2 aromatic carbocycles. The average Bonchev–Trinajstić information content (AvgIpc) is 2.83. The number of rotatable bonds is 6. The van der Waals surface area contributed by atoms with Crippen molar-refractivity contribution in [3.63, 3.8) is 0 Å². The summed E-state index contributed by atoms with van der Waals surface area (Å²) >= 11 is 6.31. The number of benzene rings is 2. The third kappa shape index (κ3) is 4.43. The third-order valence-electron chi connectivity index (χ3n) is 4.40. The quantitative estimate of drug-likeness (QED) is 0.758. The molecule has 3 rings (SSSR count).